The van der Waals surface area contributed by atoms with Crippen LogP contribution < -0.4 is 10.6 Å². The van der Waals surface area contributed by atoms with E-state index in [-0.39, 0.29) is 17.6 Å². The maximum atomic E-state index is 13.1. The third-order valence-electron chi connectivity index (χ3n) is 8.79. The first kappa shape index (κ1) is 23.1. The predicted octanol–water partition coefficient (Wildman–Crippen LogP) is 6.18. The number of aromatic nitrogens is 2. The molecule has 4 aliphatic carbocycles. The lowest BCUT2D eigenvalue weighted by Crippen LogP contribution is -2.55. The third-order valence-corrected chi connectivity index (χ3v) is 8.79. The number of fused-ring (bicyclic) bond motifs is 1. The molecule has 4 saturated carbocycles. The highest BCUT2D eigenvalue weighted by atomic mass is 19.1. The summed E-state index contributed by atoms with van der Waals surface area (Å²) in [5.74, 6) is 3.10. The summed E-state index contributed by atoms with van der Waals surface area (Å²) in [6, 6.07) is 18.8. The van der Waals surface area contributed by atoms with Gasteiger partial charge in [-0.3, -0.25) is 9.59 Å². The number of hydrogen-bond acceptors (Lipinski definition) is 3. The first-order valence-electron chi connectivity index (χ1n) is 13.5. The highest BCUT2D eigenvalue weighted by molar-refractivity contribution is 6.06. The fourth-order valence-corrected chi connectivity index (χ4v) is 7.20. The van der Waals surface area contributed by atoms with Crippen LogP contribution >= 0.6 is 0 Å². The van der Waals surface area contributed by atoms with Gasteiger partial charge in [0, 0.05) is 28.4 Å². The summed E-state index contributed by atoms with van der Waals surface area (Å²) in [6.45, 7) is 0. The zero-order valence-corrected chi connectivity index (χ0v) is 20.9. The number of imidazole rings is 1. The van der Waals surface area contributed by atoms with Crippen molar-refractivity contribution in [3.8, 4) is 11.4 Å². The van der Waals surface area contributed by atoms with Gasteiger partial charge in [-0.2, -0.15) is 0 Å². The number of rotatable bonds is 5. The van der Waals surface area contributed by atoms with Crippen LogP contribution in [0, 0.1) is 29.5 Å². The monoisotopic (exact) mass is 508 g/mol. The summed E-state index contributed by atoms with van der Waals surface area (Å²) < 4.78 is 13.1. The number of benzene rings is 3. The Morgan fingerprint density at radius 2 is 1.45 bits per heavy atom. The molecule has 38 heavy (non-hydrogen) atoms. The highest BCUT2D eigenvalue weighted by Crippen LogP contribution is 2.53. The fraction of sp³-hybridized carbons (Fsp3) is 0.323. The van der Waals surface area contributed by atoms with E-state index in [1.165, 1.54) is 56.4 Å². The number of carbonyl (C=O) groups excluding carboxylic acids is 2. The Labute approximate surface area is 220 Å². The van der Waals surface area contributed by atoms with E-state index in [0.717, 1.165) is 28.4 Å². The normalized spacial score (nSPS) is 25.4. The Hall–Kier alpha value is -4.00. The molecule has 0 saturated heterocycles. The summed E-state index contributed by atoms with van der Waals surface area (Å²) in [5, 5.41) is 6.15. The minimum atomic E-state index is -0.356. The molecule has 2 amide bonds. The average molecular weight is 509 g/mol. The second kappa shape index (κ2) is 9.08. The van der Waals surface area contributed by atoms with Crippen molar-refractivity contribution in [3.63, 3.8) is 0 Å². The van der Waals surface area contributed by atoms with E-state index in [2.05, 4.69) is 20.6 Å². The van der Waals surface area contributed by atoms with Crippen molar-refractivity contribution in [2.24, 2.45) is 23.7 Å². The number of hydrogen-bond donors (Lipinski definition) is 3. The van der Waals surface area contributed by atoms with Crippen molar-refractivity contribution in [3.05, 3.63) is 83.7 Å². The SMILES string of the molecule is O=C(Nc1ccc(F)cc1)c1ccc2nc(-c3ccc(C(=O)NC4C5CC6CC(C5)CC4C6)cc3)[nH]c2c1. The molecule has 0 aliphatic heterocycles. The third kappa shape index (κ3) is 4.26. The molecule has 3 aromatic carbocycles. The maximum Gasteiger partial charge on any atom is 0.255 e. The van der Waals surface area contributed by atoms with Gasteiger partial charge in [0.2, 0.25) is 0 Å². The van der Waals surface area contributed by atoms with Crippen LogP contribution in [-0.4, -0.2) is 27.8 Å². The molecule has 7 heteroatoms. The number of halogens is 1. The molecule has 0 radical (unpaired) electrons. The van der Waals surface area contributed by atoms with Gasteiger partial charge in [0.1, 0.15) is 11.6 Å². The second-order valence-corrected chi connectivity index (χ2v) is 11.3. The second-order valence-electron chi connectivity index (χ2n) is 11.3. The molecular weight excluding hydrogens is 479 g/mol. The Balaban J connectivity index is 1.04. The quantitative estimate of drug-likeness (QED) is 0.301. The van der Waals surface area contributed by atoms with Gasteiger partial charge in [0.15, 0.2) is 0 Å². The molecule has 4 aliphatic rings. The average Bonchev–Trinajstić information content (AvgIpc) is 3.35. The van der Waals surface area contributed by atoms with E-state index in [0.29, 0.717) is 40.5 Å². The van der Waals surface area contributed by atoms with Crippen LogP contribution in [-0.2, 0) is 0 Å². The van der Waals surface area contributed by atoms with E-state index >= 15 is 0 Å². The molecule has 4 bridgehead atoms. The fourth-order valence-electron chi connectivity index (χ4n) is 7.20. The lowest BCUT2D eigenvalue weighted by atomic mass is 9.54. The number of carbonyl (C=O) groups is 2. The number of amides is 2. The molecule has 4 fully saturated rings. The van der Waals surface area contributed by atoms with Crippen molar-refractivity contribution in [2.75, 3.05) is 5.32 Å². The topological polar surface area (TPSA) is 86.9 Å². The van der Waals surface area contributed by atoms with Gasteiger partial charge < -0.3 is 15.6 Å². The predicted molar refractivity (Wildman–Crippen MR) is 144 cm³/mol. The van der Waals surface area contributed by atoms with Crippen molar-refractivity contribution >= 4 is 28.5 Å². The van der Waals surface area contributed by atoms with Gasteiger partial charge in [-0.15, -0.1) is 0 Å². The summed E-state index contributed by atoms with van der Waals surface area (Å²) in [6.07, 6.45) is 6.51. The van der Waals surface area contributed by atoms with Crippen LogP contribution in [0.2, 0.25) is 0 Å². The van der Waals surface area contributed by atoms with E-state index in [9.17, 15) is 14.0 Å². The molecule has 0 spiro atoms. The first-order chi connectivity index (χ1) is 18.5. The van der Waals surface area contributed by atoms with Gasteiger partial charge in [0.25, 0.3) is 11.8 Å². The molecule has 8 rings (SSSR count). The molecular formula is C31H29FN4O2. The standard InChI is InChI=1S/C31H29FN4O2/c32-24-6-8-25(9-7-24)33-31(38)21-5-10-26-27(16-21)35-29(34-26)19-1-3-20(4-2-19)30(37)36-28-22-12-17-11-18(14-22)15-23(28)13-17/h1-10,16-18,22-23,28H,11-15H2,(H,33,38)(H,34,35)(H,36,37). The van der Waals surface area contributed by atoms with Crippen molar-refractivity contribution in [1.29, 1.82) is 0 Å². The minimum absolute atomic E-state index is 0.00966. The smallest absolute Gasteiger partial charge is 0.255 e. The maximum absolute atomic E-state index is 13.1. The minimum Gasteiger partial charge on any atom is -0.349 e. The summed E-state index contributed by atoms with van der Waals surface area (Å²) in [5.41, 5.74) is 3.99. The molecule has 6 nitrogen and oxygen atoms in total. The Kier molecular flexibility index (Phi) is 5.53. The lowest BCUT2D eigenvalue weighted by Gasteiger charge is -2.54. The summed E-state index contributed by atoms with van der Waals surface area (Å²) in [7, 11) is 0. The number of aromatic amines is 1. The van der Waals surface area contributed by atoms with Crippen LogP contribution in [0.25, 0.3) is 22.4 Å². The molecule has 0 unspecified atom stereocenters. The van der Waals surface area contributed by atoms with Gasteiger partial charge >= 0.3 is 0 Å². The van der Waals surface area contributed by atoms with Crippen molar-refractivity contribution in [1.82, 2.24) is 15.3 Å². The molecule has 192 valence electrons. The molecule has 1 aromatic heterocycles. The number of anilines is 1. The molecule has 0 atom stereocenters. The van der Waals surface area contributed by atoms with Crippen LogP contribution in [0.5, 0.6) is 0 Å². The molecule has 3 N–H and O–H groups in total. The largest absolute Gasteiger partial charge is 0.349 e. The zero-order chi connectivity index (χ0) is 25.8. The van der Waals surface area contributed by atoms with Crippen LogP contribution in [0.3, 0.4) is 0 Å². The van der Waals surface area contributed by atoms with Crippen molar-refractivity contribution < 1.29 is 14.0 Å². The van der Waals surface area contributed by atoms with E-state index in [1.807, 2.05) is 24.3 Å². The number of H-pyrrole nitrogens is 1. The van der Waals surface area contributed by atoms with Gasteiger partial charge in [0.05, 0.1) is 11.0 Å². The van der Waals surface area contributed by atoms with Crippen LogP contribution in [0.15, 0.2) is 66.7 Å². The molecule has 1 heterocycles. The van der Waals surface area contributed by atoms with Gasteiger partial charge in [-0.25, -0.2) is 9.37 Å². The summed E-state index contributed by atoms with van der Waals surface area (Å²) in [4.78, 5) is 33.7. The van der Waals surface area contributed by atoms with Crippen LogP contribution in [0.4, 0.5) is 10.1 Å². The highest BCUT2D eigenvalue weighted by Gasteiger charge is 2.48. The Morgan fingerprint density at radius 3 is 2.13 bits per heavy atom. The Bertz CT molecular complexity index is 1500. The summed E-state index contributed by atoms with van der Waals surface area (Å²) >= 11 is 0. The lowest BCUT2D eigenvalue weighted by molar-refractivity contribution is -0.0119. The zero-order valence-electron chi connectivity index (χ0n) is 20.9. The molecule has 4 aromatic rings. The number of nitrogens with one attached hydrogen (secondary N) is 3. The van der Waals surface area contributed by atoms with Crippen LogP contribution in [0.1, 0.15) is 52.8 Å². The van der Waals surface area contributed by atoms with E-state index in [1.54, 1.807) is 18.2 Å². The van der Waals surface area contributed by atoms with Gasteiger partial charge in [-0.1, -0.05) is 12.1 Å². The number of nitrogens with zero attached hydrogens (tertiary/aromatic N) is 1. The van der Waals surface area contributed by atoms with Crippen molar-refractivity contribution in [2.45, 2.75) is 38.1 Å². The van der Waals surface area contributed by atoms with Gasteiger partial charge in [-0.05, 0) is 110 Å². The first-order valence-corrected chi connectivity index (χ1v) is 13.5. The van der Waals surface area contributed by atoms with E-state index in [4.69, 9.17) is 0 Å². The van der Waals surface area contributed by atoms with E-state index < -0.39 is 0 Å². The Morgan fingerprint density at radius 1 is 0.789 bits per heavy atom.